The van der Waals surface area contributed by atoms with E-state index in [1.165, 1.54) is 7.11 Å². The highest BCUT2D eigenvalue weighted by Crippen LogP contribution is 2.27. The minimum absolute atomic E-state index is 0.283. The molecule has 0 bridgehead atoms. The minimum atomic E-state index is -0.288. The van der Waals surface area contributed by atoms with E-state index in [-0.39, 0.29) is 11.6 Å². The third-order valence-electron chi connectivity index (χ3n) is 4.19. The predicted octanol–water partition coefficient (Wildman–Crippen LogP) is 4.65. The SMILES string of the molecule is CCN(C)C=Nc1cc(C)c(Cc2cccc(OC)c2F)cc1C. The highest BCUT2D eigenvalue weighted by molar-refractivity contribution is 5.64. The molecule has 0 atom stereocenters. The van der Waals surface area contributed by atoms with Gasteiger partial charge in [0.25, 0.3) is 0 Å². The van der Waals surface area contributed by atoms with Gasteiger partial charge in [-0.1, -0.05) is 18.2 Å². The zero-order chi connectivity index (χ0) is 17.7. The normalized spacial score (nSPS) is 11.1. The number of halogens is 1. The molecule has 2 aromatic carbocycles. The van der Waals surface area contributed by atoms with Gasteiger partial charge in [0.2, 0.25) is 0 Å². The van der Waals surface area contributed by atoms with Gasteiger partial charge in [-0.05, 0) is 55.2 Å². The van der Waals surface area contributed by atoms with Gasteiger partial charge < -0.3 is 9.64 Å². The molecule has 0 unspecified atom stereocenters. The summed E-state index contributed by atoms with van der Waals surface area (Å²) in [4.78, 5) is 6.56. The average Bonchev–Trinajstić information content (AvgIpc) is 2.58. The lowest BCUT2D eigenvalue weighted by molar-refractivity contribution is 0.384. The standard InChI is InChI=1S/C20H25FN2O/c1-6-23(4)13-22-18-11-14(2)17(10-15(18)3)12-16-8-7-9-19(24-5)20(16)21/h7-11,13H,6,12H2,1-5H3. The van der Waals surface area contributed by atoms with E-state index in [1.54, 1.807) is 12.1 Å². The molecule has 0 aromatic heterocycles. The first-order valence-electron chi connectivity index (χ1n) is 8.12. The van der Waals surface area contributed by atoms with E-state index in [0.717, 1.165) is 28.9 Å². The van der Waals surface area contributed by atoms with E-state index in [1.807, 2.05) is 38.2 Å². The minimum Gasteiger partial charge on any atom is -0.494 e. The molecule has 128 valence electrons. The second-order valence-corrected chi connectivity index (χ2v) is 5.99. The van der Waals surface area contributed by atoms with Crippen molar-refractivity contribution in [3.8, 4) is 5.75 Å². The Kier molecular flexibility index (Phi) is 5.96. The van der Waals surface area contributed by atoms with E-state index in [2.05, 4.69) is 24.0 Å². The van der Waals surface area contributed by atoms with E-state index >= 15 is 0 Å². The van der Waals surface area contributed by atoms with Crippen LogP contribution in [0.1, 0.15) is 29.2 Å². The molecule has 0 N–H and O–H groups in total. The summed E-state index contributed by atoms with van der Waals surface area (Å²) in [5.41, 5.74) is 4.87. The van der Waals surface area contributed by atoms with Crippen LogP contribution in [-0.2, 0) is 6.42 Å². The van der Waals surface area contributed by atoms with Gasteiger partial charge in [-0.3, -0.25) is 0 Å². The fourth-order valence-corrected chi connectivity index (χ4v) is 2.49. The summed E-state index contributed by atoms with van der Waals surface area (Å²) >= 11 is 0. The number of benzene rings is 2. The third-order valence-corrected chi connectivity index (χ3v) is 4.19. The van der Waals surface area contributed by atoms with Crippen LogP contribution in [0.5, 0.6) is 5.75 Å². The Hall–Kier alpha value is -2.36. The maximum absolute atomic E-state index is 14.4. The van der Waals surface area contributed by atoms with Crippen LogP contribution in [0.15, 0.2) is 35.3 Å². The zero-order valence-corrected chi connectivity index (χ0v) is 15.1. The van der Waals surface area contributed by atoms with Crippen molar-refractivity contribution in [2.75, 3.05) is 20.7 Å². The van der Waals surface area contributed by atoms with Gasteiger partial charge in [0.1, 0.15) is 0 Å². The summed E-state index contributed by atoms with van der Waals surface area (Å²) in [7, 11) is 3.48. The topological polar surface area (TPSA) is 24.8 Å². The Bertz CT molecular complexity index is 741. The van der Waals surface area contributed by atoms with Gasteiger partial charge in [-0.15, -0.1) is 0 Å². The molecule has 0 saturated heterocycles. The molecule has 0 spiro atoms. The monoisotopic (exact) mass is 328 g/mol. The van der Waals surface area contributed by atoms with Crippen LogP contribution in [0.4, 0.5) is 10.1 Å². The molecule has 0 aliphatic heterocycles. The second-order valence-electron chi connectivity index (χ2n) is 5.99. The molecule has 2 aromatic rings. The molecule has 0 radical (unpaired) electrons. The van der Waals surface area contributed by atoms with Gasteiger partial charge in [0, 0.05) is 20.0 Å². The number of aliphatic imine (C=N–C) groups is 1. The van der Waals surface area contributed by atoms with Crippen LogP contribution < -0.4 is 4.74 Å². The summed E-state index contributed by atoms with van der Waals surface area (Å²) in [5, 5.41) is 0. The molecule has 0 heterocycles. The van der Waals surface area contributed by atoms with Crippen LogP contribution in [-0.4, -0.2) is 31.9 Å². The van der Waals surface area contributed by atoms with Crippen LogP contribution in [0, 0.1) is 19.7 Å². The number of hydrogen-bond donors (Lipinski definition) is 0. The van der Waals surface area contributed by atoms with Crippen molar-refractivity contribution in [1.82, 2.24) is 4.90 Å². The summed E-state index contributed by atoms with van der Waals surface area (Å²) in [5.74, 6) is -0.00517. The number of methoxy groups -OCH3 is 1. The zero-order valence-electron chi connectivity index (χ0n) is 15.1. The summed E-state index contributed by atoms with van der Waals surface area (Å²) in [6.07, 6.45) is 2.37. The highest BCUT2D eigenvalue weighted by atomic mass is 19.1. The Morgan fingerprint density at radius 1 is 1.17 bits per heavy atom. The highest BCUT2D eigenvalue weighted by Gasteiger charge is 2.11. The molecule has 4 heteroatoms. The van der Waals surface area contributed by atoms with Crippen LogP contribution in [0.3, 0.4) is 0 Å². The quantitative estimate of drug-likeness (QED) is 0.569. The first-order chi connectivity index (χ1) is 11.5. The fourth-order valence-electron chi connectivity index (χ4n) is 2.49. The number of ether oxygens (including phenoxy) is 1. The Morgan fingerprint density at radius 3 is 2.58 bits per heavy atom. The number of rotatable bonds is 6. The molecule has 24 heavy (non-hydrogen) atoms. The van der Waals surface area contributed by atoms with E-state index in [4.69, 9.17) is 4.74 Å². The average molecular weight is 328 g/mol. The molecule has 3 nitrogen and oxygen atoms in total. The van der Waals surface area contributed by atoms with Gasteiger partial charge in [0.15, 0.2) is 11.6 Å². The summed E-state index contributed by atoms with van der Waals surface area (Å²) in [6, 6.07) is 9.40. The van der Waals surface area contributed by atoms with Crippen LogP contribution in [0.25, 0.3) is 0 Å². The van der Waals surface area contributed by atoms with Gasteiger partial charge >= 0.3 is 0 Å². The molecule has 0 aliphatic rings. The van der Waals surface area contributed by atoms with Crippen molar-refractivity contribution < 1.29 is 9.13 Å². The Balaban J connectivity index is 2.30. The third kappa shape index (κ3) is 4.13. The second kappa shape index (κ2) is 7.95. The number of hydrogen-bond acceptors (Lipinski definition) is 2. The van der Waals surface area contributed by atoms with Crippen LogP contribution in [0.2, 0.25) is 0 Å². The van der Waals surface area contributed by atoms with Gasteiger partial charge in [-0.25, -0.2) is 9.38 Å². The molecular weight excluding hydrogens is 303 g/mol. The smallest absolute Gasteiger partial charge is 0.168 e. The molecule has 0 aliphatic carbocycles. The summed E-state index contributed by atoms with van der Waals surface area (Å²) in [6.45, 7) is 7.06. The van der Waals surface area contributed by atoms with Crippen molar-refractivity contribution in [2.24, 2.45) is 4.99 Å². The Labute approximate surface area is 143 Å². The molecule has 0 fully saturated rings. The maximum Gasteiger partial charge on any atom is 0.168 e. The summed E-state index contributed by atoms with van der Waals surface area (Å²) < 4.78 is 19.4. The van der Waals surface area contributed by atoms with Crippen LogP contribution >= 0.6 is 0 Å². The maximum atomic E-state index is 14.4. The predicted molar refractivity (Wildman–Crippen MR) is 98.1 cm³/mol. The Morgan fingerprint density at radius 2 is 1.92 bits per heavy atom. The van der Waals surface area contributed by atoms with E-state index in [9.17, 15) is 4.39 Å². The van der Waals surface area contributed by atoms with Crippen molar-refractivity contribution in [3.63, 3.8) is 0 Å². The fraction of sp³-hybridized carbons (Fsp3) is 0.350. The van der Waals surface area contributed by atoms with E-state index in [0.29, 0.717) is 12.0 Å². The van der Waals surface area contributed by atoms with Gasteiger partial charge in [-0.2, -0.15) is 0 Å². The first kappa shape index (κ1) is 18.0. The van der Waals surface area contributed by atoms with Gasteiger partial charge in [0.05, 0.1) is 19.1 Å². The lowest BCUT2D eigenvalue weighted by Crippen LogP contribution is -2.14. The molecule has 2 rings (SSSR count). The van der Waals surface area contributed by atoms with Crippen molar-refractivity contribution in [3.05, 3.63) is 58.4 Å². The number of aryl methyl sites for hydroxylation is 2. The first-order valence-corrected chi connectivity index (χ1v) is 8.12. The largest absolute Gasteiger partial charge is 0.494 e. The van der Waals surface area contributed by atoms with E-state index < -0.39 is 0 Å². The molecule has 0 amide bonds. The van der Waals surface area contributed by atoms with Crippen molar-refractivity contribution >= 4 is 12.0 Å². The van der Waals surface area contributed by atoms with Crippen molar-refractivity contribution in [2.45, 2.75) is 27.2 Å². The molecular formula is C20H25FN2O. The number of nitrogens with zero attached hydrogens (tertiary/aromatic N) is 2. The lowest BCUT2D eigenvalue weighted by atomic mass is 9.97. The molecule has 0 saturated carbocycles. The van der Waals surface area contributed by atoms with Crippen molar-refractivity contribution in [1.29, 1.82) is 0 Å². The lowest BCUT2D eigenvalue weighted by Gasteiger charge is -2.13.